The molecule has 2 amide bonds. The number of carboxylic acid groups (broad SMARTS) is 1. The molecule has 0 aliphatic carbocycles. The number of nitrogens with one attached hydrogen (secondary N) is 2. The molecular weight excluding hydrogens is 264 g/mol. The van der Waals surface area contributed by atoms with Crippen molar-refractivity contribution in [3.8, 4) is 0 Å². The first-order valence-corrected chi connectivity index (χ1v) is 6.72. The van der Waals surface area contributed by atoms with Gasteiger partial charge in [-0.1, -0.05) is 0 Å². The van der Waals surface area contributed by atoms with Crippen molar-refractivity contribution in [1.82, 2.24) is 10.6 Å². The number of hydrogen-bond donors (Lipinski definition) is 3. The van der Waals surface area contributed by atoms with Gasteiger partial charge in [-0.05, 0) is 26.7 Å². The number of carboxylic acids is 1. The molecule has 118 valence electrons. The Kier molecular flexibility index (Phi) is 9.75. The van der Waals surface area contributed by atoms with Crippen LogP contribution in [0.4, 0.5) is 4.79 Å². The number of amides is 2. The number of carbonyl (C=O) groups is 2. The molecule has 7 nitrogen and oxygen atoms in total. The predicted octanol–water partition coefficient (Wildman–Crippen LogP) is 0.982. The molecule has 3 N–H and O–H groups in total. The highest BCUT2D eigenvalue weighted by molar-refractivity contribution is 5.76. The van der Waals surface area contributed by atoms with Gasteiger partial charge in [-0.15, -0.1) is 0 Å². The smallest absolute Gasteiger partial charge is 0.315 e. The molecule has 0 aromatic carbocycles. The SMILES string of the molecule is COCCOCCCCNC(=O)NC(C)(C)CC(=O)O. The zero-order valence-electron chi connectivity index (χ0n) is 12.5. The normalized spacial score (nSPS) is 11.2. The van der Waals surface area contributed by atoms with Gasteiger partial charge in [-0.3, -0.25) is 4.79 Å². The van der Waals surface area contributed by atoms with Crippen LogP contribution in [0.3, 0.4) is 0 Å². The van der Waals surface area contributed by atoms with Crippen LogP contribution in [0.2, 0.25) is 0 Å². The van der Waals surface area contributed by atoms with Crippen LogP contribution in [-0.2, 0) is 14.3 Å². The van der Waals surface area contributed by atoms with Gasteiger partial charge in [-0.25, -0.2) is 4.79 Å². The number of ether oxygens (including phenoxy) is 2. The molecule has 0 aromatic rings. The molecule has 0 aliphatic rings. The summed E-state index contributed by atoms with van der Waals surface area (Å²) in [4.78, 5) is 22.2. The van der Waals surface area contributed by atoms with Gasteiger partial charge in [-0.2, -0.15) is 0 Å². The minimum atomic E-state index is -0.941. The summed E-state index contributed by atoms with van der Waals surface area (Å²) >= 11 is 0. The Morgan fingerprint density at radius 1 is 1.15 bits per heavy atom. The Balaban J connectivity index is 3.56. The van der Waals surface area contributed by atoms with Crippen molar-refractivity contribution in [2.75, 3.05) is 33.5 Å². The minimum Gasteiger partial charge on any atom is -0.481 e. The van der Waals surface area contributed by atoms with Crippen molar-refractivity contribution in [1.29, 1.82) is 0 Å². The Hall–Kier alpha value is -1.34. The van der Waals surface area contributed by atoms with Crippen LogP contribution in [-0.4, -0.2) is 56.1 Å². The average molecular weight is 290 g/mol. The van der Waals surface area contributed by atoms with Crippen LogP contribution in [0.25, 0.3) is 0 Å². The van der Waals surface area contributed by atoms with Crippen LogP contribution in [0, 0.1) is 0 Å². The lowest BCUT2D eigenvalue weighted by molar-refractivity contribution is -0.138. The zero-order valence-corrected chi connectivity index (χ0v) is 12.5. The topological polar surface area (TPSA) is 96.9 Å². The Morgan fingerprint density at radius 3 is 2.45 bits per heavy atom. The molecule has 0 spiro atoms. The predicted molar refractivity (Wildman–Crippen MR) is 74.8 cm³/mol. The Labute approximate surface area is 120 Å². The summed E-state index contributed by atoms with van der Waals surface area (Å²) in [5.41, 5.74) is -0.765. The number of hydrogen-bond acceptors (Lipinski definition) is 4. The monoisotopic (exact) mass is 290 g/mol. The van der Waals surface area contributed by atoms with Crippen molar-refractivity contribution in [2.45, 2.75) is 38.6 Å². The fourth-order valence-corrected chi connectivity index (χ4v) is 1.55. The number of rotatable bonds is 11. The highest BCUT2D eigenvalue weighted by Crippen LogP contribution is 2.07. The van der Waals surface area contributed by atoms with Gasteiger partial charge in [0.2, 0.25) is 0 Å². The fraction of sp³-hybridized carbons (Fsp3) is 0.846. The summed E-state index contributed by atoms with van der Waals surface area (Å²) in [6.07, 6.45) is 1.54. The van der Waals surface area contributed by atoms with E-state index in [9.17, 15) is 9.59 Å². The number of methoxy groups -OCH3 is 1. The fourth-order valence-electron chi connectivity index (χ4n) is 1.55. The third kappa shape index (κ3) is 11.7. The van der Waals surface area contributed by atoms with Crippen LogP contribution in [0.1, 0.15) is 33.1 Å². The minimum absolute atomic E-state index is 0.117. The summed E-state index contributed by atoms with van der Waals surface area (Å²) < 4.78 is 10.1. The maximum Gasteiger partial charge on any atom is 0.315 e. The first kappa shape index (κ1) is 18.7. The molecule has 7 heteroatoms. The van der Waals surface area contributed by atoms with Crippen molar-refractivity contribution in [3.63, 3.8) is 0 Å². The molecule has 0 rings (SSSR count). The third-order valence-electron chi connectivity index (χ3n) is 2.48. The first-order valence-electron chi connectivity index (χ1n) is 6.72. The van der Waals surface area contributed by atoms with Crippen LogP contribution in [0.5, 0.6) is 0 Å². The van der Waals surface area contributed by atoms with Crippen LogP contribution < -0.4 is 10.6 Å². The van der Waals surface area contributed by atoms with Crippen LogP contribution >= 0.6 is 0 Å². The molecule has 0 saturated carbocycles. The lowest BCUT2D eigenvalue weighted by Gasteiger charge is -2.24. The zero-order chi connectivity index (χ0) is 15.4. The van der Waals surface area contributed by atoms with E-state index in [0.717, 1.165) is 12.8 Å². The number of aliphatic carboxylic acids is 1. The molecule has 0 aliphatic heterocycles. The number of carbonyl (C=O) groups excluding carboxylic acids is 1. The van der Waals surface area contributed by atoms with Crippen molar-refractivity contribution >= 4 is 12.0 Å². The van der Waals surface area contributed by atoms with E-state index in [2.05, 4.69) is 10.6 Å². The van der Waals surface area contributed by atoms with Crippen molar-refractivity contribution in [2.24, 2.45) is 0 Å². The molecule has 0 radical (unpaired) electrons. The third-order valence-corrected chi connectivity index (χ3v) is 2.48. The van der Waals surface area contributed by atoms with Gasteiger partial charge in [0.1, 0.15) is 0 Å². The molecule has 0 unspecified atom stereocenters. The quantitative estimate of drug-likeness (QED) is 0.493. The van der Waals surface area contributed by atoms with E-state index in [1.54, 1.807) is 21.0 Å². The maximum atomic E-state index is 11.6. The van der Waals surface area contributed by atoms with E-state index < -0.39 is 11.5 Å². The summed E-state index contributed by atoms with van der Waals surface area (Å²) in [5, 5.41) is 14.0. The van der Waals surface area contributed by atoms with E-state index in [4.69, 9.17) is 14.6 Å². The second-order valence-corrected chi connectivity index (χ2v) is 5.15. The van der Waals surface area contributed by atoms with Gasteiger partial charge in [0, 0.05) is 25.8 Å². The van der Waals surface area contributed by atoms with Crippen molar-refractivity contribution in [3.05, 3.63) is 0 Å². The summed E-state index contributed by atoms with van der Waals surface area (Å²) in [7, 11) is 1.62. The molecular formula is C13H26N2O5. The average Bonchev–Trinajstić information content (AvgIpc) is 2.30. The molecule has 0 saturated heterocycles. The second-order valence-electron chi connectivity index (χ2n) is 5.15. The van der Waals surface area contributed by atoms with Crippen molar-refractivity contribution < 1.29 is 24.2 Å². The molecule has 0 bridgehead atoms. The van der Waals surface area contributed by atoms with E-state index in [1.807, 2.05) is 0 Å². The van der Waals surface area contributed by atoms with Crippen LogP contribution in [0.15, 0.2) is 0 Å². The number of unbranched alkanes of at least 4 members (excludes halogenated alkanes) is 1. The molecule has 0 aromatic heterocycles. The van der Waals surface area contributed by atoms with Gasteiger partial charge >= 0.3 is 12.0 Å². The highest BCUT2D eigenvalue weighted by atomic mass is 16.5. The lowest BCUT2D eigenvalue weighted by Crippen LogP contribution is -2.49. The summed E-state index contributed by atoms with van der Waals surface area (Å²) in [5.74, 6) is -0.941. The first-order chi connectivity index (χ1) is 9.37. The van der Waals surface area contributed by atoms with Gasteiger partial charge in [0.05, 0.1) is 19.6 Å². The molecule has 0 heterocycles. The maximum absolute atomic E-state index is 11.6. The van der Waals surface area contributed by atoms with Gasteiger partial charge < -0.3 is 25.2 Å². The van der Waals surface area contributed by atoms with E-state index in [-0.39, 0.29) is 12.5 Å². The summed E-state index contributed by atoms with van der Waals surface area (Å²) in [6, 6.07) is -0.350. The van der Waals surface area contributed by atoms with E-state index >= 15 is 0 Å². The molecule has 0 fully saturated rings. The highest BCUT2D eigenvalue weighted by Gasteiger charge is 2.23. The molecule has 0 atom stereocenters. The Bertz CT molecular complexity index is 294. The summed E-state index contributed by atoms with van der Waals surface area (Å²) in [6.45, 7) is 5.67. The van der Waals surface area contributed by atoms with Gasteiger partial charge in [0.15, 0.2) is 0 Å². The van der Waals surface area contributed by atoms with Gasteiger partial charge in [0.25, 0.3) is 0 Å². The lowest BCUT2D eigenvalue weighted by atomic mass is 10.0. The van der Waals surface area contributed by atoms with E-state index in [0.29, 0.717) is 26.4 Å². The van der Waals surface area contributed by atoms with E-state index in [1.165, 1.54) is 0 Å². The second kappa shape index (κ2) is 10.4. The number of urea groups is 1. The largest absolute Gasteiger partial charge is 0.481 e. The molecule has 20 heavy (non-hydrogen) atoms. The Morgan fingerprint density at radius 2 is 1.85 bits per heavy atom. The standard InChI is InChI=1S/C13H26N2O5/c1-13(2,10-11(16)17)15-12(18)14-6-4-5-7-20-9-8-19-3/h4-10H2,1-3H3,(H,16,17)(H2,14,15,18).